The Bertz CT molecular complexity index is 1170. The second kappa shape index (κ2) is 6.57. The number of non-ortho nitro benzene ring substituents is 1. The number of fused-ring (bicyclic) bond motifs is 1. The van der Waals surface area contributed by atoms with Crippen LogP contribution in [0.25, 0.3) is 15.5 Å². The van der Waals surface area contributed by atoms with E-state index in [-0.39, 0.29) is 11.6 Å². The second-order valence-corrected chi connectivity index (χ2v) is 6.64. The highest BCUT2D eigenvalue weighted by atomic mass is 32.1. The summed E-state index contributed by atoms with van der Waals surface area (Å²) in [7, 11) is 0. The first-order chi connectivity index (χ1) is 13.0. The Hall–Kier alpha value is -3.66. The summed E-state index contributed by atoms with van der Waals surface area (Å²) in [5, 5.41) is 26.7. The second-order valence-electron chi connectivity index (χ2n) is 5.69. The number of nitrogens with one attached hydrogen (secondary N) is 1. The summed E-state index contributed by atoms with van der Waals surface area (Å²) in [6, 6.07) is 12.7. The molecule has 1 amide bonds. The minimum atomic E-state index is -0.507. The molecule has 9 nitrogen and oxygen atoms in total. The number of hydrogen-bond donors (Lipinski definition) is 1. The number of nitro groups is 1. The van der Waals surface area contributed by atoms with Crippen LogP contribution in [0, 0.1) is 17.0 Å². The molecule has 0 aliphatic rings. The number of anilines is 1. The molecule has 2 heterocycles. The number of aryl methyl sites for hydroxylation is 1. The highest BCUT2D eigenvalue weighted by Crippen LogP contribution is 2.27. The number of carbonyl (C=O) groups excluding carboxylic acids is 1. The number of aromatic nitrogens is 4. The smallest absolute Gasteiger partial charge is 0.269 e. The Balaban J connectivity index is 1.56. The molecule has 0 saturated carbocycles. The van der Waals surface area contributed by atoms with Gasteiger partial charge in [-0.1, -0.05) is 23.5 Å². The van der Waals surface area contributed by atoms with Crippen molar-refractivity contribution in [3.8, 4) is 10.6 Å². The Morgan fingerprint density at radius 2 is 1.96 bits per heavy atom. The largest absolute Gasteiger partial charge is 0.322 e. The number of hydrogen-bond acceptors (Lipinski definition) is 7. The normalized spacial score (nSPS) is 10.9. The van der Waals surface area contributed by atoms with E-state index < -0.39 is 4.92 Å². The van der Waals surface area contributed by atoms with Crippen molar-refractivity contribution in [2.24, 2.45) is 0 Å². The molecular weight excluding hydrogens is 368 g/mol. The summed E-state index contributed by atoms with van der Waals surface area (Å²) in [5.74, 6) is 0.353. The van der Waals surface area contributed by atoms with Gasteiger partial charge in [-0.2, -0.15) is 9.61 Å². The van der Waals surface area contributed by atoms with Crippen LogP contribution in [0.2, 0.25) is 0 Å². The molecule has 134 valence electrons. The van der Waals surface area contributed by atoms with Crippen molar-refractivity contribution in [2.75, 3.05) is 5.32 Å². The predicted octanol–water partition coefficient (Wildman–Crippen LogP) is 3.32. The molecule has 0 fully saturated rings. The topological polar surface area (TPSA) is 115 Å². The number of rotatable bonds is 4. The fourth-order valence-corrected chi connectivity index (χ4v) is 3.38. The maximum Gasteiger partial charge on any atom is 0.269 e. The Morgan fingerprint density at radius 3 is 2.67 bits per heavy atom. The molecule has 0 atom stereocenters. The fraction of sp³-hybridized carbons (Fsp3) is 0.0588. The lowest BCUT2D eigenvalue weighted by molar-refractivity contribution is -0.384. The van der Waals surface area contributed by atoms with Gasteiger partial charge in [0.05, 0.1) is 4.92 Å². The average Bonchev–Trinajstić information content (AvgIpc) is 3.24. The minimum absolute atomic E-state index is 0.0629. The van der Waals surface area contributed by atoms with Crippen LogP contribution in [-0.2, 0) is 0 Å². The van der Waals surface area contributed by atoms with Gasteiger partial charge < -0.3 is 5.32 Å². The molecule has 0 saturated heterocycles. The van der Waals surface area contributed by atoms with E-state index in [9.17, 15) is 14.9 Å². The van der Waals surface area contributed by atoms with E-state index in [4.69, 9.17) is 0 Å². The standard InChI is InChI=1S/C17H12N6O3S/c1-10-19-20-17-22(10)21-16(27-17)12-3-2-4-13(9-12)18-15(24)11-5-7-14(8-6-11)23(25)26/h2-9H,1H3,(H,18,24). The SMILES string of the molecule is Cc1nnc2sc(-c3cccc(NC(=O)c4ccc([N+](=O)[O-])cc4)c3)nn12. The summed E-state index contributed by atoms with van der Waals surface area (Å²) >= 11 is 1.40. The zero-order chi connectivity index (χ0) is 19.0. The third-order valence-electron chi connectivity index (χ3n) is 3.85. The Labute approximate surface area is 156 Å². The summed E-state index contributed by atoms with van der Waals surface area (Å²) < 4.78 is 1.67. The van der Waals surface area contributed by atoms with Crippen LogP contribution in [-0.4, -0.2) is 30.6 Å². The molecule has 0 bridgehead atoms. The Morgan fingerprint density at radius 1 is 1.19 bits per heavy atom. The van der Waals surface area contributed by atoms with Crippen molar-refractivity contribution >= 4 is 33.6 Å². The van der Waals surface area contributed by atoms with Crippen LogP contribution in [0.4, 0.5) is 11.4 Å². The lowest BCUT2D eigenvalue weighted by atomic mass is 10.1. The van der Waals surface area contributed by atoms with Crippen LogP contribution in [0.15, 0.2) is 48.5 Å². The van der Waals surface area contributed by atoms with Crippen LogP contribution >= 0.6 is 11.3 Å². The van der Waals surface area contributed by atoms with Gasteiger partial charge in [0.15, 0.2) is 5.82 Å². The van der Waals surface area contributed by atoms with Crippen molar-refractivity contribution < 1.29 is 9.72 Å². The molecule has 0 radical (unpaired) electrons. The van der Waals surface area contributed by atoms with E-state index in [1.54, 1.807) is 10.6 Å². The van der Waals surface area contributed by atoms with Crippen LogP contribution < -0.4 is 5.32 Å². The summed E-state index contributed by atoms with van der Waals surface area (Å²) in [6.45, 7) is 1.82. The maximum absolute atomic E-state index is 12.4. The summed E-state index contributed by atoms with van der Waals surface area (Å²) in [4.78, 5) is 23.3. The quantitative estimate of drug-likeness (QED) is 0.429. The molecule has 2 aromatic carbocycles. The number of nitrogens with zero attached hydrogens (tertiary/aromatic N) is 5. The van der Waals surface area contributed by atoms with E-state index in [2.05, 4.69) is 20.6 Å². The molecular formula is C17H12N6O3S. The van der Waals surface area contributed by atoms with Crippen LogP contribution in [0.5, 0.6) is 0 Å². The summed E-state index contributed by atoms with van der Waals surface area (Å²) in [5.41, 5.74) is 1.71. The molecule has 27 heavy (non-hydrogen) atoms. The van der Waals surface area contributed by atoms with Gasteiger partial charge in [-0.3, -0.25) is 14.9 Å². The lowest BCUT2D eigenvalue weighted by Crippen LogP contribution is -2.11. The molecule has 2 aromatic heterocycles. The fourth-order valence-electron chi connectivity index (χ4n) is 2.50. The molecule has 4 rings (SSSR count). The highest BCUT2D eigenvalue weighted by Gasteiger charge is 2.13. The van der Waals surface area contributed by atoms with Crippen LogP contribution in [0.3, 0.4) is 0 Å². The van der Waals surface area contributed by atoms with Gasteiger partial charge in [0, 0.05) is 28.9 Å². The van der Waals surface area contributed by atoms with Crippen molar-refractivity contribution in [1.29, 1.82) is 0 Å². The van der Waals surface area contributed by atoms with Crippen molar-refractivity contribution in [1.82, 2.24) is 19.8 Å². The first-order valence-electron chi connectivity index (χ1n) is 7.86. The molecule has 0 aliphatic carbocycles. The molecule has 0 unspecified atom stereocenters. The third-order valence-corrected chi connectivity index (χ3v) is 4.80. The zero-order valence-electron chi connectivity index (χ0n) is 14.0. The van der Waals surface area contributed by atoms with Gasteiger partial charge >= 0.3 is 0 Å². The van der Waals surface area contributed by atoms with E-state index in [0.29, 0.717) is 22.0 Å². The predicted molar refractivity (Wildman–Crippen MR) is 99.9 cm³/mol. The molecule has 1 N–H and O–H groups in total. The van der Waals surface area contributed by atoms with E-state index >= 15 is 0 Å². The zero-order valence-corrected chi connectivity index (χ0v) is 14.8. The van der Waals surface area contributed by atoms with E-state index in [0.717, 1.165) is 10.6 Å². The number of benzene rings is 2. The minimum Gasteiger partial charge on any atom is -0.322 e. The maximum atomic E-state index is 12.4. The van der Waals surface area contributed by atoms with Crippen molar-refractivity contribution in [3.63, 3.8) is 0 Å². The Kier molecular flexibility index (Phi) is 4.09. The van der Waals surface area contributed by atoms with E-state index in [1.807, 2.05) is 25.1 Å². The van der Waals surface area contributed by atoms with Crippen LogP contribution in [0.1, 0.15) is 16.2 Å². The van der Waals surface area contributed by atoms with Crippen molar-refractivity contribution in [3.05, 3.63) is 70.0 Å². The van der Waals surface area contributed by atoms with Gasteiger partial charge in [-0.05, 0) is 31.2 Å². The van der Waals surface area contributed by atoms with Gasteiger partial charge in [0.2, 0.25) is 4.96 Å². The monoisotopic (exact) mass is 380 g/mol. The molecule has 4 aromatic rings. The number of carbonyl (C=O) groups is 1. The molecule has 0 spiro atoms. The first kappa shape index (κ1) is 16.8. The lowest BCUT2D eigenvalue weighted by Gasteiger charge is -2.06. The number of nitro benzene ring substituents is 1. The van der Waals surface area contributed by atoms with Gasteiger partial charge in [-0.15, -0.1) is 10.2 Å². The van der Waals surface area contributed by atoms with E-state index in [1.165, 1.54) is 35.6 Å². The average molecular weight is 380 g/mol. The van der Waals surface area contributed by atoms with Crippen molar-refractivity contribution in [2.45, 2.75) is 6.92 Å². The highest BCUT2D eigenvalue weighted by molar-refractivity contribution is 7.19. The first-order valence-corrected chi connectivity index (χ1v) is 8.68. The molecule has 0 aliphatic heterocycles. The summed E-state index contributed by atoms with van der Waals surface area (Å²) in [6.07, 6.45) is 0. The number of amides is 1. The third kappa shape index (κ3) is 3.25. The van der Waals surface area contributed by atoms with Gasteiger partial charge in [-0.25, -0.2) is 0 Å². The molecule has 10 heteroatoms. The van der Waals surface area contributed by atoms with Gasteiger partial charge in [0.25, 0.3) is 11.6 Å². The van der Waals surface area contributed by atoms with Gasteiger partial charge in [0.1, 0.15) is 5.01 Å².